The SMILES string of the molecule is CN1Cc2c3c(nn2CC(CN)C1)CCN(C(=O)Nc1ccc(F)c(Cl)c1)C3=O. The van der Waals surface area contributed by atoms with Crippen LogP contribution >= 0.6 is 11.6 Å². The van der Waals surface area contributed by atoms with Crippen molar-refractivity contribution in [2.45, 2.75) is 19.5 Å². The van der Waals surface area contributed by atoms with E-state index in [1.54, 1.807) is 0 Å². The van der Waals surface area contributed by atoms with Crippen LogP contribution in [0.15, 0.2) is 18.2 Å². The Hall–Kier alpha value is -2.49. The molecule has 2 aromatic rings. The van der Waals surface area contributed by atoms with Gasteiger partial charge in [-0.05, 0) is 31.8 Å². The highest BCUT2D eigenvalue weighted by Gasteiger charge is 2.36. The molecule has 3 amide bonds. The monoisotopic (exact) mass is 420 g/mol. The minimum Gasteiger partial charge on any atom is -0.330 e. The van der Waals surface area contributed by atoms with E-state index >= 15 is 0 Å². The second kappa shape index (κ2) is 7.74. The van der Waals surface area contributed by atoms with Gasteiger partial charge in [0, 0.05) is 44.2 Å². The zero-order valence-electron chi connectivity index (χ0n) is 16.0. The van der Waals surface area contributed by atoms with Crippen LogP contribution in [0, 0.1) is 11.7 Å². The Morgan fingerprint density at radius 1 is 1.41 bits per heavy atom. The first-order valence-corrected chi connectivity index (χ1v) is 9.80. The van der Waals surface area contributed by atoms with Crippen molar-refractivity contribution in [2.75, 3.05) is 32.0 Å². The third-order valence-electron chi connectivity index (χ3n) is 5.33. The number of hydrogen-bond acceptors (Lipinski definition) is 5. The molecule has 154 valence electrons. The van der Waals surface area contributed by atoms with Gasteiger partial charge in [-0.3, -0.25) is 14.4 Å². The lowest BCUT2D eigenvalue weighted by Crippen LogP contribution is -2.44. The van der Waals surface area contributed by atoms with Gasteiger partial charge in [0.15, 0.2) is 0 Å². The molecule has 3 N–H and O–H groups in total. The van der Waals surface area contributed by atoms with Crippen LogP contribution in [0.25, 0.3) is 0 Å². The molecular weight excluding hydrogens is 399 g/mol. The molecule has 2 aliphatic heterocycles. The number of carbonyl (C=O) groups excluding carboxylic acids is 2. The van der Waals surface area contributed by atoms with Gasteiger partial charge in [-0.15, -0.1) is 0 Å². The number of aromatic nitrogens is 2. The molecule has 8 nitrogen and oxygen atoms in total. The maximum absolute atomic E-state index is 13.3. The second-order valence-corrected chi connectivity index (χ2v) is 7.92. The molecule has 3 heterocycles. The Labute approximate surface area is 172 Å². The quantitative estimate of drug-likeness (QED) is 0.773. The summed E-state index contributed by atoms with van der Waals surface area (Å²) < 4.78 is 15.2. The van der Waals surface area contributed by atoms with Crippen molar-refractivity contribution in [3.63, 3.8) is 0 Å². The fraction of sp³-hybridized carbons (Fsp3) is 0.421. The minimum atomic E-state index is -0.579. The number of benzene rings is 1. The van der Waals surface area contributed by atoms with Crippen molar-refractivity contribution in [2.24, 2.45) is 11.7 Å². The summed E-state index contributed by atoms with van der Waals surface area (Å²) in [7, 11) is 1.98. The normalized spacial score (nSPS) is 19.5. The molecule has 0 aliphatic carbocycles. The lowest BCUT2D eigenvalue weighted by atomic mass is 10.0. The highest BCUT2D eigenvalue weighted by Crippen LogP contribution is 2.27. The van der Waals surface area contributed by atoms with Crippen molar-refractivity contribution < 1.29 is 14.0 Å². The maximum atomic E-state index is 13.3. The van der Waals surface area contributed by atoms with Crippen molar-refractivity contribution in [1.29, 1.82) is 0 Å². The number of nitrogens with two attached hydrogens (primary N) is 1. The maximum Gasteiger partial charge on any atom is 0.328 e. The van der Waals surface area contributed by atoms with E-state index < -0.39 is 11.8 Å². The number of carbonyl (C=O) groups is 2. The number of fused-ring (bicyclic) bond motifs is 3. The first-order valence-electron chi connectivity index (χ1n) is 9.42. The summed E-state index contributed by atoms with van der Waals surface area (Å²) in [5.74, 6) is -0.705. The summed E-state index contributed by atoms with van der Waals surface area (Å²) in [6, 6.07) is 3.29. The lowest BCUT2D eigenvalue weighted by molar-refractivity contribution is 0.0796. The average Bonchev–Trinajstić information content (AvgIpc) is 2.93. The largest absolute Gasteiger partial charge is 0.330 e. The Balaban J connectivity index is 1.59. The fourth-order valence-corrected chi connectivity index (χ4v) is 4.09. The van der Waals surface area contributed by atoms with Gasteiger partial charge in [0.25, 0.3) is 5.91 Å². The Morgan fingerprint density at radius 2 is 2.21 bits per heavy atom. The molecule has 0 fully saturated rings. The molecular formula is C19H22ClFN6O2. The molecule has 29 heavy (non-hydrogen) atoms. The van der Waals surface area contributed by atoms with Crippen LogP contribution in [-0.4, -0.2) is 58.2 Å². The topological polar surface area (TPSA) is 96.5 Å². The standard InChI is InChI=1S/C19H22ClFN6O2/c1-25-8-11(7-22)9-27-16(10-25)17-15(24-27)4-5-26(18(17)28)19(29)23-12-2-3-14(21)13(20)6-12/h2-3,6,11H,4-5,7-10,22H2,1H3,(H,23,29). The Bertz CT molecular complexity index is 978. The van der Waals surface area contributed by atoms with Crippen LogP contribution in [0.2, 0.25) is 5.02 Å². The van der Waals surface area contributed by atoms with Gasteiger partial charge in [0.1, 0.15) is 5.82 Å². The number of imide groups is 1. The summed E-state index contributed by atoms with van der Waals surface area (Å²) in [5, 5.41) is 7.14. The second-order valence-electron chi connectivity index (χ2n) is 7.51. The summed E-state index contributed by atoms with van der Waals surface area (Å²) in [6.45, 7) is 2.79. The van der Waals surface area contributed by atoms with E-state index in [4.69, 9.17) is 17.3 Å². The molecule has 0 bridgehead atoms. The van der Waals surface area contributed by atoms with Crippen LogP contribution in [0.4, 0.5) is 14.9 Å². The van der Waals surface area contributed by atoms with Gasteiger partial charge in [-0.1, -0.05) is 11.6 Å². The van der Waals surface area contributed by atoms with Crippen molar-refractivity contribution in [3.05, 3.63) is 46.0 Å². The van der Waals surface area contributed by atoms with E-state index in [0.29, 0.717) is 43.0 Å². The number of nitrogens with zero attached hydrogens (tertiary/aromatic N) is 4. The van der Waals surface area contributed by atoms with E-state index in [-0.39, 0.29) is 23.4 Å². The van der Waals surface area contributed by atoms with Gasteiger partial charge in [0.05, 0.1) is 22.0 Å². The number of halogens is 2. The zero-order chi connectivity index (χ0) is 20.7. The van der Waals surface area contributed by atoms with Crippen molar-refractivity contribution in [3.8, 4) is 0 Å². The lowest BCUT2D eigenvalue weighted by Gasteiger charge is -2.26. The van der Waals surface area contributed by atoms with E-state index in [2.05, 4.69) is 15.3 Å². The molecule has 1 aromatic heterocycles. The fourth-order valence-electron chi connectivity index (χ4n) is 3.91. The number of rotatable bonds is 2. The molecule has 0 saturated carbocycles. The molecule has 1 unspecified atom stereocenters. The van der Waals surface area contributed by atoms with Gasteiger partial charge < -0.3 is 16.0 Å². The third-order valence-corrected chi connectivity index (χ3v) is 5.62. The number of amides is 3. The molecule has 0 saturated heterocycles. The molecule has 2 aliphatic rings. The van der Waals surface area contributed by atoms with Gasteiger partial charge in [-0.25, -0.2) is 9.18 Å². The first kappa shape index (κ1) is 19.8. The third kappa shape index (κ3) is 3.73. The molecule has 1 aromatic carbocycles. The molecule has 10 heteroatoms. The van der Waals surface area contributed by atoms with Crippen LogP contribution in [0.5, 0.6) is 0 Å². The van der Waals surface area contributed by atoms with Crippen LogP contribution in [0.1, 0.15) is 21.7 Å². The first-order chi connectivity index (χ1) is 13.9. The number of urea groups is 1. The summed E-state index contributed by atoms with van der Waals surface area (Å²) in [6.07, 6.45) is 0.482. The summed E-state index contributed by atoms with van der Waals surface area (Å²) >= 11 is 5.76. The van der Waals surface area contributed by atoms with Gasteiger partial charge in [-0.2, -0.15) is 5.10 Å². The Morgan fingerprint density at radius 3 is 2.93 bits per heavy atom. The van der Waals surface area contributed by atoms with E-state index in [0.717, 1.165) is 23.2 Å². The highest BCUT2D eigenvalue weighted by atomic mass is 35.5. The van der Waals surface area contributed by atoms with Crippen LogP contribution in [0.3, 0.4) is 0 Å². The van der Waals surface area contributed by atoms with Crippen molar-refractivity contribution >= 4 is 29.2 Å². The van der Waals surface area contributed by atoms with E-state index in [1.165, 1.54) is 12.1 Å². The number of anilines is 1. The summed E-state index contributed by atoms with van der Waals surface area (Å²) in [5.41, 5.74) is 8.20. The van der Waals surface area contributed by atoms with Gasteiger partial charge in [0.2, 0.25) is 0 Å². The van der Waals surface area contributed by atoms with Crippen molar-refractivity contribution in [1.82, 2.24) is 19.6 Å². The van der Waals surface area contributed by atoms with Gasteiger partial charge >= 0.3 is 6.03 Å². The zero-order valence-corrected chi connectivity index (χ0v) is 16.7. The summed E-state index contributed by atoms with van der Waals surface area (Å²) in [4.78, 5) is 29.1. The highest BCUT2D eigenvalue weighted by molar-refractivity contribution is 6.31. The predicted molar refractivity (Wildman–Crippen MR) is 106 cm³/mol. The minimum absolute atomic E-state index is 0.102. The van der Waals surface area contributed by atoms with Crippen LogP contribution < -0.4 is 11.1 Å². The predicted octanol–water partition coefficient (Wildman–Crippen LogP) is 1.93. The molecule has 0 radical (unpaired) electrons. The number of nitrogens with one attached hydrogen (secondary N) is 1. The number of hydrogen-bond donors (Lipinski definition) is 2. The van der Waals surface area contributed by atoms with Crippen LogP contribution in [-0.2, 0) is 19.5 Å². The smallest absolute Gasteiger partial charge is 0.328 e. The van der Waals surface area contributed by atoms with E-state index in [1.807, 2.05) is 11.7 Å². The Kier molecular flexibility index (Phi) is 5.28. The molecule has 4 rings (SSSR count). The average molecular weight is 421 g/mol. The molecule has 0 spiro atoms. The molecule has 1 atom stereocenters. The van der Waals surface area contributed by atoms with E-state index in [9.17, 15) is 14.0 Å².